The van der Waals surface area contributed by atoms with E-state index in [0.717, 1.165) is 0 Å². The van der Waals surface area contributed by atoms with Crippen molar-refractivity contribution in [1.82, 2.24) is 4.90 Å². The van der Waals surface area contributed by atoms with Gasteiger partial charge in [0.1, 0.15) is 0 Å². The molecule has 0 aliphatic heterocycles. The van der Waals surface area contributed by atoms with E-state index >= 15 is 0 Å². The largest absolute Gasteiger partial charge is 0.385 e. The average Bonchev–Trinajstić information content (AvgIpc) is 2.39. The quantitative estimate of drug-likeness (QED) is 0.739. The number of hydrogen-bond acceptors (Lipinski definition) is 4. The van der Waals surface area contributed by atoms with Crippen LogP contribution in [0.4, 0.5) is 0 Å². The number of nitrogens with two attached hydrogens (primary N) is 1. The summed E-state index contributed by atoms with van der Waals surface area (Å²) in [6.07, 6.45) is 0.659. The van der Waals surface area contributed by atoms with E-state index in [1.807, 2.05) is 0 Å². The van der Waals surface area contributed by atoms with Crippen LogP contribution in [0.2, 0.25) is 5.02 Å². The van der Waals surface area contributed by atoms with Gasteiger partial charge in [0.15, 0.2) is 0 Å². The van der Waals surface area contributed by atoms with E-state index in [-0.39, 0.29) is 21.4 Å². The minimum Gasteiger partial charge on any atom is -0.385 e. The van der Waals surface area contributed by atoms with Crippen LogP contribution in [0.1, 0.15) is 16.8 Å². The van der Waals surface area contributed by atoms with Crippen molar-refractivity contribution in [1.29, 1.82) is 0 Å². The normalized spacial score (nSPS) is 11.5. The number of rotatable bonds is 6. The van der Waals surface area contributed by atoms with E-state index < -0.39 is 10.0 Å². The Kier molecular flexibility index (Phi) is 6.61. The van der Waals surface area contributed by atoms with Gasteiger partial charge in [0.25, 0.3) is 5.91 Å². The van der Waals surface area contributed by atoms with Crippen molar-refractivity contribution in [3.05, 3.63) is 27.2 Å². The maximum Gasteiger partial charge on any atom is 0.255 e. The molecule has 0 aromatic heterocycles. The maximum absolute atomic E-state index is 12.3. The lowest BCUT2D eigenvalue weighted by atomic mass is 10.2. The Labute approximate surface area is 137 Å². The lowest BCUT2D eigenvalue weighted by molar-refractivity contribution is 0.0779. The molecule has 6 nitrogen and oxygen atoms in total. The molecule has 1 aromatic carbocycles. The molecule has 0 atom stereocenters. The van der Waals surface area contributed by atoms with E-state index in [9.17, 15) is 13.2 Å². The van der Waals surface area contributed by atoms with Gasteiger partial charge in [0, 0.05) is 31.8 Å². The number of ether oxygens (including phenoxy) is 1. The number of carbonyl (C=O) groups is 1. The minimum absolute atomic E-state index is 0.0787. The molecule has 0 radical (unpaired) electrons. The molecule has 0 aliphatic rings. The fraction of sp³-hybridized carbons (Fsp3) is 0.417. The molecule has 0 spiro atoms. The third-order valence-electron chi connectivity index (χ3n) is 2.75. The molecule has 21 heavy (non-hydrogen) atoms. The molecule has 1 rings (SSSR count). The number of methoxy groups -OCH3 is 1. The topological polar surface area (TPSA) is 89.7 Å². The first kappa shape index (κ1) is 18.4. The Morgan fingerprint density at radius 1 is 1.48 bits per heavy atom. The second kappa shape index (κ2) is 7.55. The maximum atomic E-state index is 12.3. The summed E-state index contributed by atoms with van der Waals surface area (Å²) in [6, 6.07) is 2.44. The minimum atomic E-state index is -3.92. The molecule has 0 aliphatic carbocycles. The Morgan fingerprint density at radius 2 is 2.10 bits per heavy atom. The zero-order valence-corrected chi connectivity index (χ0v) is 14.8. The van der Waals surface area contributed by atoms with Gasteiger partial charge in [0.2, 0.25) is 10.0 Å². The third-order valence-corrected chi connectivity index (χ3v) is 4.90. The highest BCUT2D eigenvalue weighted by Crippen LogP contribution is 2.30. The van der Waals surface area contributed by atoms with E-state index in [4.69, 9.17) is 21.5 Å². The Morgan fingerprint density at radius 3 is 2.62 bits per heavy atom. The SMILES string of the molecule is COCCCN(C)C(=O)c1cc(S(N)(=O)=O)cc(Br)c1Cl. The summed E-state index contributed by atoms with van der Waals surface area (Å²) in [5.74, 6) is -0.387. The monoisotopic (exact) mass is 398 g/mol. The number of primary sulfonamides is 1. The standard InChI is InChI=1S/C12H16BrClN2O4S/c1-16(4-3-5-20-2)12(17)9-6-8(21(15,18)19)7-10(13)11(9)14/h6-7H,3-5H2,1-2H3,(H2,15,18,19). The first-order valence-corrected chi connectivity index (χ1v) is 8.66. The molecule has 2 N–H and O–H groups in total. The highest BCUT2D eigenvalue weighted by molar-refractivity contribution is 9.10. The van der Waals surface area contributed by atoms with E-state index in [1.54, 1.807) is 14.2 Å². The molecule has 0 heterocycles. The van der Waals surface area contributed by atoms with Crippen molar-refractivity contribution < 1.29 is 17.9 Å². The van der Waals surface area contributed by atoms with Gasteiger partial charge in [0.05, 0.1) is 15.5 Å². The van der Waals surface area contributed by atoms with Gasteiger partial charge in [-0.2, -0.15) is 0 Å². The average molecular weight is 400 g/mol. The lowest BCUT2D eigenvalue weighted by Gasteiger charge is -2.18. The number of amides is 1. The van der Waals surface area contributed by atoms with Gasteiger partial charge in [-0.1, -0.05) is 11.6 Å². The second-order valence-electron chi connectivity index (χ2n) is 4.38. The summed E-state index contributed by atoms with van der Waals surface area (Å²) in [5.41, 5.74) is 0.0787. The fourth-order valence-electron chi connectivity index (χ4n) is 1.64. The highest BCUT2D eigenvalue weighted by Gasteiger charge is 2.21. The number of halogens is 2. The number of hydrogen-bond donors (Lipinski definition) is 1. The molecule has 1 amide bonds. The Balaban J connectivity index is 3.11. The van der Waals surface area contributed by atoms with Gasteiger partial charge in [-0.3, -0.25) is 4.79 Å². The molecule has 118 valence electrons. The molecule has 1 aromatic rings. The molecule has 0 fully saturated rings. The zero-order chi connectivity index (χ0) is 16.2. The van der Waals surface area contributed by atoms with E-state index in [1.165, 1.54) is 17.0 Å². The van der Waals surface area contributed by atoms with Crippen molar-refractivity contribution in [3.8, 4) is 0 Å². The third kappa shape index (κ3) is 4.93. The Bertz CT molecular complexity index is 636. The van der Waals surface area contributed by atoms with Crippen LogP contribution in [-0.2, 0) is 14.8 Å². The van der Waals surface area contributed by atoms with Gasteiger partial charge in [-0.05, 0) is 34.5 Å². The molecular weight excluding hydrogens is 384 g/mol. The van der Waals surface area contributed by atoms with Crippen LogP contribution in [-0.4, -0.2) is 46.5 Å². The van der Waals surface area contributed by atoms with Crippen molar-refractivity contribution in [2.24, 2.45) is 5.14 Å². The van der Waals surface area contributed by atoms with Crippen molar-refractivity contribution in [2.75, 3.05) is 27.3 Å². The molecule has 0 saturated carbocycles. The fourth-order valence-corrected chi connectivity index (χ4v) is 3.00. The Hall–Kier alpha value is -0.670. The molecule has 0 unspecified atom stereocenters. The number of benzene rings is 1. The first-order valence-electron chi connectivity index (χ1n) is 5.94. The number of sulfonamides is 1. The summed E-state index contributed by atoms with van der Waals surface area (Å²) in [7, 11) is -0.746. The summed E-state index contributed by atoms with van der Waals surface area (Å²) in [6.45, 7) is 0.979. The second-order valence-corrected chi connectivity index (χ2v) is 7.18. The van der Waals surface area contributed by atoms with Crippen LogP contribution in [0, 0.1) is 0 Å². The predicted molar refractivity (Wildman–Crippen MR) is 84.0 cm³/mol. The summed E-state index contributed by atoms with van der Waals surface area (Å²) in [5, 5.41) is 5.23. The van der Waals surface area contributed by atoms with Crippen LogP contribution in [0.3, 0.4) is 0 Å². The van der Waals surface area contributed by atoms with Crippen molar-refractivity contribution in [2.45, 2.75) is 11.3 Å². The molecule has 0 saturated heterocycles. The molecule has 9 heteroatoms. The summed E-state index contributed by atoms with van der Waals surface area (Å²) in [4.78, 5) is 13.6. The zero-order valence-electron chi connectivity index (χ0n) is 11.6. The van der Waals surface area contributed by atoms with Crippen molar-refractivity contribution >= 4 is 43.5 Å². The number of carbonyl (C=O) groups excluding carboxylic acids is 1. The molecular formula is C12H16BrClN2O4S. The van der Waals surface area contributed by atoms with Crippen LogP contribution in [0.25, 0.3) is 0 Å². The summed E-state index contributed by atoms with van der Waals surface area (Å²) >= 11 is 9.19. The van der Waals surface area contributed by atoms with Gasteiger partial charge < -0.3 is 9.64 Å². The van der Waals surface area contributed by atoms with Crippen molar-refractivity contribution in [3.63, 3.8) is 0 Å². The highest BCUT2D eigenvalue weighted by atomic mass is 79.9. The van der Waals surface area contributed by atoms with Crippen LogP contribution in [0.15, 0.2) is 21.5 Å². The van der Waals surface area contributed by atoms with E-state index in [0.29, 0.717) is 24.0 Å². The van der Waals surface area contributed by atoms with Crippen LogP contribution in [0.5, 0.6) is 0 Å². The number of nitrogens with zero attached hydrogens (tertiary/aromatic N) is 1. The summed E-state index contributed by atoms with van der Waals surface area (Å²) < 4.78 is 28.1. The van der Waals surface area contributed by atoms with Gasteiger partial charge >= 0.3 is 0 Å². The van der Waals surface area contributed by atoms with Crippen LogP contribution >= 0.6 is 27.5 Å². The van der Waals surface area contributed by atoms with E-state index in [2.05, 4.69) is 15.9 Å². The van der Waals surface area contributed by atoms with Crippen LogP contribution < -0.4 is 5.14 Å². The van der Waals surface area contributed by atoms with Gasteiger partial charge in [-0.25, -0.2) is 13.6 Å². The lowest BCUT2D eigenvalue weighted by Crippen LogP contribution is -2.29. The van der Waals surface area contributed by atoms with Gasteiger partial charge in [-0.15, -0.1) is 0 Å². The molecule has 0 bridgehead atoms. The smallest absolute Gasteiger partial charge is 0.255 e. The first-order chi connectivity index (χ1) is 9.68. The predicted octanol–water partition coefficient (Wildman–Crippen LogP) is 1.86.